The molecule has 0 saturated heterocycles. The molecule has 0 aromatic heterocycles. The third-order valence-electron chi connectivity index (χ3n) is 4.83. The van der Waals surface area contributed by atoms with E-state index in [0.717, 1.165) is 24.0 Å². The predicted octanol–water partition coefficient (Wildman–Crippen LogP) is 6.77. The molecule has 0 atom stereocenters. The van der Waals surface area contributed by atoms with Crippen molar-refractivity contribution in [1.29, 1.82) is 0 Å². The van der Waals surface area contributed by atoms with Crippen molar-refractivity contribution >= 4 is 8.60 Å². The smallest absolute Gasteiger partial charge is 0.391 e. The second-order valence-electron chi connectivity index (χ2n) is 9.33. The van der Waals surface area contributed by atoms with E-state index in [1.807, 2.05) is 0 Å². The van der Waals surface area contributed by atoms with Crippen LogP contribution in [0.25, 0.3) is 0 Å². The number of unbranched alkanes of at least 4 members (excludes halogenated alkanes) is 5. The van der Waals surface area contributed by atoms with Gasteiger partial charge in [-0.15, -0.1) is 0 Å². The van der Waals surface area contributed by atoms with Crippen molar-refractivity contribution in [3.8, 4) is 5.75 Å². The SMILES string of the molecule is CCCCCCCCc1c(C(C)(C)C)ccc(C(C)(C)C)c1OP(O)O. The van der Waals surface area contributed by atoms with Gasteiger partial charge >= 0.3 is 8.60 Å². The molecule has 3 nitrogen and oxygen atoms in total. The Morgan fingerprint density at radius 2 is 1.31 bits per heavy atom. The molecule has 1 rings (SSSR count). The summed E-state index contributed by atoms with van der Waals surface area (Å²) in [6.45, 7) is 15.3. The van der Waals surface area contributed by atoms with E-state index >= 15 is 0 Å². The largest absolute Gasteiger partial charge is 0.426 e. The number of rotatable bonds is 9. The molecule has 0 aliphatic heterocycles. The Morgan fingerprint density at radius 1 is 0.808 bits per heavy atom. The molecule has 0 aliphatic carbocycles. The maximum Gasteiger partial charge on any atom is 0.391 e. The lowest BCUT2D eigenvalue weighted by molar-refractivity contribution is 0.366. The topological polar surface area (TPSA) is 49.7 Å². The molecule has 0 saturated carbocycles. The maximum atomic E-state index is 9.58. The van der Waals surface area contributed by atoms with Crippen molar-refractivity contribution in [2.75, 3.05) is 0 Å². The van der Waals surface area contributed by atoms with Gasteiger partial charge in [0.25, 0.3) is 0 Å². The van der Waals surface area contributed by atoms with Gasteiger partial charge in [-0.1, -0.05) is 92.7 Å². The van der Waals surface area contributed by atoms with Crippen LogP contribution < -0.4 is 4.52 Å². The number of hydrogen-bond acceptors (Lipinski definition) is 3. The van der Waals surface area contributed by atoms with Gasteiger partial charge in [-0.2, -0.15) is 0 Å². The number of benzene rings is 1. The molecular formula is C22H39O3P. The fourth-order valence-electron chi connectivity index (χ4n) is 3.44. The Balaban J connectivity index is 3.21. The normalized spacial score (nSPS) is 12.7. The molecule has 0 unspecified atom stereocenters. The summed E-state index contributed by atoms with van der Waals surface area (Å²) in [7, 11) is -2.43. The second-order valence-corrected chi connectivity index (χ2v) is 10.0. The molecule has 1 aromatic carbocycles. The predicted molar refractivity (Wildman–Crippen MR) is 113 cm³/mol. The van der Waals surface area contributed by atoms with E-state index in [2.05, 4.69) is 60.6 Å². The molecule has 4 heteroatoms. The molecule has 1 aromatic rings. The van der Waals surface area contributed by atoms with Gasteiger partial charge in [0.05, 0.1) is 0 Å². The fourth-order valence-corrected chi connectivity index (χ4v) is 3.81. The zero-order chi connectivity index (χ0) is 20.0. The zero-order valence-electron chi connectivity index (χ0n) is 17.9. The maximum absolute atomic E-state index is 9.58. The summed E-state index contributed by atoms with van der Waals surface area (Å²) >= 11 is 0. The first-order valence-electron chi connectivity index (χ1n) is 10.0. The van der Waals surface area contributed by atoms with Gasteiger partial charge in [-0.3, -0.25) is 0 Å². The van der Waals surface area contributed by atoms with Crippen LogP contribution in [0.4, 0.5) is 0 Å². The van der Waals surface area contributed by atoms with Crippen LogP contribution in [-0.2, 0) is 17.3 Å². The van der Waals surface area contributed by atoms with E-state index in [4.69, 9.17) is 4.52 Å². The summed E-state index contributed by atoms with van der Waals surface area (Å²) in [5.41, 5.74) is 3.30. The van der Waals surface area contributed by atoms with Crippen molar-refractivity contribution in [3.63, 3.8) is 0 Å². The second kappa shape index (κ2) is 10.1. The van der Waals surface area contributed by atoms with Crippen LogP contribution in [0, 0.1) is 0 Å². The van der Waals surface area contributed by atoms with Crippen molar-refractivity contribution in [1.82, 2.24) is 0 Å². The minimum Gasteiger partial charge on any atom is -0.426 e. The van der Waals surface area contributed by atoms with E-state index in [1.54, 1.807) is 0 Å². The summed E-state index contributed by atoms with van der Waals surface area (Å²) in [5.74, 6) is 0.689. The van der Waals surface area contributed by atoms with Gasteiger partial charge in [0.1, 0.15) is 5.75 Å². The highest BCUT2D eigenvalue weighted by atomic mass is 31.2. The first-order valence-corrected chi connectivity index (χ1v) is 11.2. The Kier molecular flexibility index (Phi) is 9.06. The number of hydrogen-bond donors (Lipinski definition) is 2. The third kappa shape index (κ3) is 7.18. The van der Waals surface area contributed by atoms with Crippen LogP contribution in [-0.4, -0.2) is 9.79 Å². The standard InChI is InChI=1S/C22H39O3P/c1-8-9-10-11-12-13-14-17-18(21(2,3)4)15-16-19(22(5,6)7)20(17)25-26(23)24/h15-16,23-24H,8-14H2,1-7H3. The Hall–Kier alpha value is -0.630. The monoisotopic (exact) mass is 382 g/mol. The van der Waals surface area contributed by atoms with E-state index in [1.165, 1.54) is 37.7 Å². The van der Waals surface area contributed by atoms with Crippen molar-refractivity contribution in [2.24, 2.45) is 0 Å². The summed E-state index contributed by atoms with van der Waals surface area (Å²) in [6, 6.07) is 4.30. The minimum absolute atomic E-state index is 0.0142. The van der Waals surface area contributed by atoms with Crippen LogP contribution in [0.2, 0.25) is 0 Å². The Morgan fingerprint density at radius 3 is 1.81 bits per heavy atom. The summed E-state index contributed by atoms with van der Waals surface area (Å²) in [4.78, 5) is 19.2. The third-order valence-corrected chi connectivity index (χ3v) is 5.18. The van der Waals surface area contributed by atoms with Gasteiger partial charge in [-0.25, -0.2) is 0 Å². The lowest BCUT2D eigenvalue weighted by Gasteiger charge is -2.30. The van der Waals surface area contributed by atoms with Crippen molar-refractivity contribution < 1.29 is 14.3 Å². The lowest BCUT2D eigenvalue weighted by atomic mass is 9.77. The van der Waals surface area contributed by atoms with Gasteiger partial charge < -0.3 is 14.3 Å². The van der Waals surface area contributed by atoms with Gasteiger partial charge in [0.15, 0.2) is 0 Å². The summed E-state index contributed by atoms with van der Waals surface area (Å²) in [6.07, 6.45) is 8.35. The van der Waals surface area contributed by atoms with E-state index in [9.17, 15) is 9.79 Å². The van der Waals surface area contributed by atoms with E-state index in [-0.39, 0.29) is 10.8 Å². The van der Waals surface area contributed by atoms with Crippen LogP contribution in [0.5, 0.6) is 5.75 Å². The molecule has 0 bridgehead atoms. The van der Waals surface area contributed by atoms with Crippen LogP contribution in [0.3, 0.4) is 0 Å². The first-order chi connectivity index (χ1) is 12.0. The lowest BCUT2D eigenvalue weighted by Crippen LogP contribution is -2.19. The minimum atomic E-state index is -2.43. The molecule has 150 valence electrons. The van der Waals surface area contributed by atoms with Gasteiger partial charge in [0.2, 0.25) is 0 Å². The molecular weight excluding hydrogens is 343 g/mol. The van der Waals surface area contributed by atoms with Crippen molar-refractivity contribution in [3.05, 3.63) is 28.8 Å². The van der Waals surface area contributed by atoms with Crippen LogP contribution in [0.1, 0.15) is 104 Å². The zero-order valence-corrected chi connectivity index (χ0v) is 18.7. The highest BCUT2D eigenvalue weighted by Crippen LogP contribution is 2.44. The first kappa shape index (κ1) is 23.4. The molecule has 0 amide bonds. The summed E-state index contributed by atoms with van der Waals surface area (Å²) in [5, 5.41) is 0. The molecule has 2 N–H and O–H groups in total. The van der Waals surface area contributed by atoms with Crippen molar-refractivity contribution in [2.45, 2.75) is 104 Å². The molecule has 26 heavy (non-hydrogen) atoms. The van der Waals surface area contributed by atoms with Crippen LogP contribution in [0.15, 0.2) is 12.1 Å². The molecule has 0 heterocycles. The summed E-state index contributed by atoms with van der Waals surface area (Å²) < 4.78 is 5.61. The molecule has 0 radical (unpaired) electrons. The quantitative estimate of drug-likeness (QED) is 0.366. The average Bonchev–Trinajstić information content (AvgIpc) is 2.48. The van der Waals surface area contributed by atoms with Crippen LogP contribution >= 0.6 is 8.60 Å². The highest BCUT2D eigenvalue weighted by Gasteiger charge is 2.28. The van der Waals surface area contributed by atoms with E-state index in [0.29, 0.717) is 5.75 Å². The molecule has 0 aliphatic rings. The average molecular weight is 383 g/mol. The Bertz CT molecular complexity index is 554. The van der Waals surface area contributed by atoms with Gasteiger partial charge in [-0.05, 0) is 34.8 Å². The molecule has 0 spiro atoms. The fraction of sp³-hybridized carbons (Fsp3) is 0.727. The molecule has 0 fully saturated rings. The highest BCUT2D eigenvalue weighted by molar-refractivity contribution is 7.39. The van der Waals surface area contributed by atoms with E-state index < -0.39 is 8.60 Å². The Labute approximate surface area is 162 Å². The van der Waals surface area contributed by atoms with Gasteiger partial charge in [0, 0.05) is 5.56 Å².